The molecular formula is C15H29NO4S. The number of sulfonamides is 1. The molecular weight excluding hydrogens is 290 g/mol. The lowest BCUT2D eigenvalue weighted by atomic mass is 9.80. The van der Waals surface area contributed by atoms with E-state index < -0.39 is 10.0 Å². The molecule has 5 nitrogen and oxygen atoms in total. The molecule has 2 fully saturated rings. The molecule has 0 aromatic carbocycles. The van der Waals surface area contributed by atoms with Gasteiger partial charge in [-0.15, -0.1) is 0 Å². The van der Waals surface area contributed by atoms with Crippen molar-refractivity contribution in [2.75, 3.05) is 25.6 Å². The predicted octanol–water partition coefficient (Wildman–Crippen LogP) is 1.91. The third-order valence-corrected chi connectivity index (χ3v) is 5.84. The predicted molar refractivity (Wildman–Crippen MR) is 82.4 cm³/mol. The molecule has 6 heteroatoms. The van der Waals surface area contributed by atoms with Crippen molar-refractivity contribution in [3.05, 3.63) is 0 Å². The Balaban J connectivity index is 1.95. The number of hydrogen-bond acceptors (Lipinski definition) is 4. The molecule has 0 aromatic rings. The van der Waals surface area contributed by atoms with Crippen molar-refractivity contribution in [3.63, 3.8) is 0 Å². The summed E-state index contributed by atoms with van der Waals surface area (Å²) in [6, 6.07) is 0. The summed E-state index contributed by atoms with van der Waals surface area (Å²) in [6.45, 7) is 6.20. The van der Waals surface area contributed by atoms with Crippen LogP contribution in [0.1, 0.15) is 46.0 Å². The van der Waals surface area contributed by atoms with Crippen LogP contribution in [0.4, 0.5) is 0 Å². The van der Waals surface area contributed by atoms with Crippen LogP contribution in [0.2, 0.25) is 0 Å². The van der Waals surface area contributed by atoms with Crippen molar-refractivity contribution in [3.8, 4) is 0 Å². The number of rotatable bonds is 5. The van der Waals surface area contributed by atoms with E-state index in [0.717, 1.165) is 12.8 Å². The van der Waals surface area contributed by atoms with Crippen LogP contribution in [-0.2, 0) is 19.5 Å². The van der Waals surface area contributed by atoms with Gasteiger partial charge in [-0.2, -0.15) is 0 Å². The molecule has 2 aliphatic rings. The van der Waals surface area contributed by atoms with Gasteiger partial charge in [0.25, 0.3) is 0 Å². The second kappa shape index (κ2) is 6.94. The number of nitrogens with two attached hydrogens (primary N) is 1. The topological polar surface area (TPSA) is 78.6 Å². The molecule has 0 radical (unpaired) electrons. The zero-order chi connectivity index (χ0) is 15.5. The SMILES string of the molecule is CC1CC(C)CC(OCC2(CS(N)(=O)=O)CCOCC2)C1. The Morgan fingerprint density at radius 3 is 2.24 bits per heavy atom. The van der Waals surface area contributed by atoms with E-state index in [-0.39, 0.29) is 17.3 Å². The summed E-state index contributed by atoms with van der Waals surface area (Å²) in [6.07, 6.45) is 5.08. The lowest BCUT2D eigenvalue weighted by Crippen LogP contribution is -2.43. The van der Waals surface area contributed by atoms with Crippen molar-refractivity contribution in [2.24, 2.45) is 22.4 Å². The molecule has 21 heavy (non-hydrogen) atoms. The number of hydrogen-bond donors (Lipinski definition) is 1. The van der Waals surface area contributed by atoms with Gasteiger partial charge in [-0.1, -0.05) is 13.8 Å². The van der Waals surface area contributed by atoms with Crippen LogP contribution in [0, 0.1) is 17.3 Å². The van der Waals surface area contributed by atoms with Crippen molar-refractivity contribution < 1.29 is 17.9 Å². The van der Waals surface area contributed by atoms with Crippen molar-refractivity contribution in [1.29, 1.82) is 0 Å². The Morgan fingerprint density at radius 2 is 1.71 bits per heavy atom. The normalized spacial score (nSPS) is 33.8. The van der Waals surface area contributed by atoms with Gasteiger partial charge in [-0.25, -0.2) is 13.6 Å². The fourth-order valence-corrected chi connectivity index (χ4v) is 5.09. The number of ether oxygens (including phenoxy) is 2. The van der Waals surface area contributed by atoms with E-state index in [2.05, 4.69) is 13.8 Å². The van der Waals surface area contributed by atoms with Crippen molar-refractivity contribution in [1.82, 2.24) is 0 Å². The van der Waals surface area contributed by atoms with Crippen LogP contribution in [0.15, 0.2) is 0 Å². The van der Waals surface area contributed by atoms with E-state index in [4.69, 9.17) is 14.6 Å². The maximum Gasteiger partial charge on any atom is 0.209 e. The summed E-state index contributed by atoms with van der Waals surface area (Å²) in [4.78, 5) is 0. The second-order valence-corrected chi connectivity index (χ2v) is 8.88. The highest BCUT2D eigenvalue weighted by atomic mass is 32.2. The molecule has 0 amide bonds. The van der Waals surface area contributed by atoms with Crippen LogP contribution in [0.25, 0.3) is 0 Å². The zero-order valence-electron chi connectivity index (χ0n) is 13.2. The van der Waals surface area contributed by atoms with E-state index in [1.165, 1.54) is 6.42 Å². The fourth-order valence-electron chi connectivity index (χ4n) is 3.87. The second-order valence-electron chi connectivity index (χ2n) is 7.27. The number of primary sulfonamides is 1. The maximum atomic E-state index is 11.5. The first kappa shape index (κ1) is 17.2. The molecule has 0 spiro atoms. The molecule has 2 atom stereocenters. The summed E-state index contributed by atoms with van der Waals surface area (Å²) >= 11 is 0. The first-order chi connectivity index (χ1) is 9.78. The molecule has 0 aromatic heterocycles. The van der Waals surface area contributed by atoms with Crippen LogP contribution >= 0.6 is 0 Å². The molecule has 1 saturated heterocycles. The van der Waals surface area contributed by atoms with Gasteiger partial charge in [0, 0.05) is 18.6 Å². The van der Waals surface area contributed by atoms with Gasteiger partial charge in [0.15, 0.2) is 0 Å². The van der Waals surface area contributed by atoms with E-state index in [1.807, 2.05) is 0 Å². The summed E-state index contributed by atoms with van der Waals surface area (Å²) in [5, 5.41) is 5.28. The minimum atomic E-state index is -3.49. The maximum absolute atomic E-state index is 11.5. The summed E-state index contributed by atoms with van der Waals surface area (Å²) in [5.41, 5.74) is -0.365. The Bertz CT molecular complexity index is 421. The molecule has 1 aliphatic carbocycles. The smallest absolute Gasteiger partial charge is 0.209 e. The Morgan fingerprint density at radius 1 is 1.14 bits per heavy atom. The van der Waals surface area contributed by atoms with E-state index >= 15 is 0 Å². The van der Waals surface area contributed by atoms with Crippen molar-refractivity contribution >= 4 is 10.0 Å². The lowest BCUT2D eigenvalue weighted by Gasteiger charge is -2.39. The van der Waals surface area contributed by atoms with Gasteiger partial charge >= 0.3 is 0 Å². The third kappa shape index (κ3) is 5.51. The Kier molecular flexibility index (Phi) is 5.68. The average Bonchev–Trinajstić information content (AvgIpc) is 2.34. The van der Waals surface area contributed by atoms with Crippen LogP contribution in [0.3, 0.4) is 0 Å². The molecule has 1 aliphatic heterocycles. The zero-order valence-corrected chi connectivity index (χ0v) is 14.0. The lowest BCUT2D eigenvalue weighted by molar-refractivity contribution is -0.0713. The quantitative estimate of drug-likeness (QED) is 0.839. The molecule has 2 rings (SSSR count). The molecule has 1 heterocycles. The minimum absolute atomic E-state index is 0.00118. The van der Waals surface area contributed by atoms with E-state index in [9.17, 15) is 8.42 Å². The van der Waals surface area contributed by atoms with Crippen molar-refractivity contribution in [2.45, 2.75) is 52.1 Å². The first-order valence-electron chi connectivity index (χ1n) is 7.98. The van der Waals surface area contributed by atoms with Crippen LogP contribution in [-0.4, -0.2) is 40.1 Å². The van der Waals surface area contributed by atoms with Gasteiger partial charge in [-0.05, 0) is 43.9 Å². The highest BCUT2D eigenvalue weighted by Crippen LogP contribution is 2.35. The molecule has 1 saturated carbocycles. The summed E-state index contributed by atoms with van der Waals surface area (Å²) < 4.78 is 34.6. The molecule has 2 N–H and O–H groups in total. The van der Waals surface area contributed by atoms with Crippen LogP contribution < -0.4 is 5.14 Å². The van der Waals surface area contributed by atoms with Gasteiger partial charge in [0.05, 0.1) is 18.5 Å². The monoisotopic (exact) mass is 319 g/mol. The van der Waals surface area contributed by atoms with E-state index in [1.54, 1.807) is 0 Å². The largest absolute Gasteiger partial charge is 0.381 e. The fraction of sp³-hybridized carbons (Fsp3) is 1.00. The van der Waals surface area contributed by atoms with Crippen LogP contribution in [0.5, 0.6) is 0 Å². The van der Waals surface area contributed by atoms with Gasteiger partial charge in [-0.3, -0.25) is 0 Å². The van der Waals surface area contributed by atoms with Gasteiger partial charge in [0.2, 0.25) is 10.0 Å². The molecule has 2 unspecified atom stereocenters. The highest BCUT2D eigenvalue weighted by Gasteiger charge is 2.38. The molecule has 0 bridgehead atoms. The van der Waals surface area contributed by atoms with Gasteiger partial charge in [0.1, 0.15) is 0 Å². The summed E-state index contributed by atoms with van der Waals surface area (Å²) in [7, 11) is -3.49. The third-order valence-electron chi connectivity index (χ3n) is 4.82. The highest BCUT2D eigenvalue weighted by molar-refractivity contribution is 7.89. The first-order valence-corrected chi connectivity index (χ1v) is 9.69. The van der Waals surface area contributed by atoms with Gasteiger partial charge < -0.3 is 9.47 Å². The minimum Gasteiger partial charge on any atom is -0.381 e. The Hall–Kier alpha value is -0.170. The standard InChI is InChI=1S/C15H29NO4S/c1-12-7-13(2)9-14(8-12)20-10-15(11-21(16,17)18)3-5-19-6-4-15/h12-14H,3-11H2,1-2H3,(H2,16,17,18). The van der Waals surface area contributed by atoms with E-state index in [0.29, 0.717) is 44.5 Å². The summed E-state index contributed by atoms with van der Waals surface area (Å²) in [5.74, 6) is 1.37. The average molecular weight is 319 g/mol. The Labute approximate surface area is 128 Å². The molecule has 124 valence electrons.